The summed E-state index contributed by atoms with van der Waals surface area (Å²) in [6, 6.07) is 0. The Bertz CT molecular complexity index is 168. The first-order valence-corrected chi connectivity index (χ1v) is 4.26. The quantitative estimate of drug-likeness (QED) is 0.643. The van der Waals surface area contributed by atoms with Crippen molar-refractivity contribution in [3.63, 3.8) is 0 Å². The van der Waals surface area contributed by atoms with Crippen LogP contribution in [0.15, 0.2) is 0 Å². The fourth-order valence-corrected chi connectivity index (χ4v) is 1.06. The van der Waals surface area contributed by atoms with Crippen molar-refractivity contribution in [3.05, 3.63) is 0 Å². The molecule has 1 aliphatic rings. The Hall–Kier alpha value is -1.06. The fraction of sp³-hybridized carbons (Fsp3) is 0.750. The lowest BCUT2D eigenvalue weighted by Gasteiger charge is -2.11. The molecule has 2 N–H and O–H groups in total. The summed E-state index contributed by atoms with van der Waals surface area (Å²) in [6.45, 7) is 4.76. The molecule has 1 fully saturated rings. The first kappa shape index (κ1) is 10.9. The lowest BCUT2D eigenvalue weighted by Crippen LogP contribution is -2.34. The second-order valence-electron chi connectivity index (χ2n) is 2.39. The van der Waals surface area contributed by atoms with Crippen LogP contribution in [-0.4, -0.2) is 29.8 Å². The van der Waals surface area contributed by atoms with E-state index in [9.17, 15) is 9.59 Å². The highest BCUT2D eigenvalue weighted by Crippen LogP contribution is 2.07. The first-order valence-electron chi connectivity index (χ1n) is 4.26. The minimum atomic E-state index is -0.435. The molecule has 4 heteroatoms. The SMILES string of the molecule is CC.NC(=O)CN1CCCC1=O. The van der Waals surface area contributed by atoms with Crippen molar-refractivity contribution < 1.29 is 9.59 Å². The molecule has 0 bridgehead atoms. The van der Waals surface area contributed by atoms with E-state index < -0.39 is 5.91 Å². The Balaban J connectivity index is 0.000000561. The highest BCUT2D eigenvalue weighted by atomic mass is 16.2. The van der Waals surface area contributed by atoms with E-state index >= 15 is 0 Å². The van der Waals surface area contributed by atoms with Gasteiger partial charge < -0.3 is 10.6 Å². The van der Waals surface area contributed by atoms with Crippen LogP contribution in [0.3, 0.4) is 0 Å². The van der Waals surface area contributed by atoms with Gasteiger partial charge in [-0.3, -0.25) is 9.59 Å². The summed E-state index contributed by atoms with van der Waals surface area (Å²) in [5, 5.41) is 0. The summed E-state index contributed by atoms with van der Waals surface area (Å²) >= 11 is 0. The molecule has 0 aromatic carbocycles. The van der Waals surface area contributed by atoms with E-state index in [0.717, 1.165) is 6.42 Å². The summed E-state index contributed by atoms with van der Waals surface area (Å²) < 4.78 is 0. The zero-order valence-corrected chi connectivity index (χ0v) is 7.67. The van der Waals surface area contributed by atoms with Crippen LogP contribution in [0.5, 0.6) is 0 Å². The number of carbonyl (C=O) groups is 2. The number of primary amides is 1. The Morgan fingerprint density at radius 3 is 2.50 bits per heavy atom. The lowest BCUT2D eigenvalue weighted by molar-refractivity contribution is -0.132. The predicted octanol–water partition coefficient (Wildman–Crippen LogP) is 0.120. The van der Waals surface area contributed by atoms with Crippen molar-refractivity contribution in [3.8, 4) is 0 Å². The number of amides is 2. The van der Waals surface area contributed by atoms with Crippen LogP contribution >= 0.6 is 0 Å². The Morgan fingerprint density at radius 2 is 2.17 bits per heavy atom. The maximum atomic E-state index is 10.8. The molecule has 0 unspecified atom stereocenters. The normalized spacial score (nSPS) is 15.5. The molecule has 0 aromatic heterocycles. The van der Waals surface area contributed by atoms with E-state index in [1.54, 1.807) is 0 Å². The highest BCUT2D eigenvalue weighted by molar-refractivity contribution is 5.84. The van der Waals surface area contributed by atoms with E-state index in [4.69, 9.17) is 5.73 Å². The van der Waals surface area contributed by atoms with Crippen LogP contribution in [0.4, 0.5) is 0 Å². The molecular formula is C8H16N2O2. The summed E-state index contributed by atoms with van der Waals surface area (Å²) in [6.07, 6.45) is 1.42. The van der Waals surface area contributed by atoms with Crippen molar-refractivity contribution in [2.75, 3.05) is 13.1 Å². The molecule has 1 aliphatic heterocycles. The van der Waals surface area contributed by atoms with Gasteiger partial charge in [-0.05, 0) is 6.42 Å². The van der Waals surface area contributed by atoms with Gasteiger partial charge in [0.05, 0.1) is 6.54 Å². The average molecular weight is 172 g/mol. The molecule has 0 saturated carbocycles. The number of nitrogens with zero attached hydrogens (tertiary/aromatic N) is 1. The van der Waals surface area contributed by atoms with Crippen LogP contribution in [0, 0.1) is 0 Å². The van der Waals surface area contributed by atoms with E-state index in [1.165, 1.54) is 4.90 Å². The van der Waals surface area contributed by atoms with Gasteiger partial charge in [-0.1, -0.05) is 13.8 Å². The largest absolute Gasteiger partial charge is 0.368 e. The van der Waals surface area contributed by atoms with Crippen LogP contribution in [-0.2, 0) is 9.59 Å². The van der Waals surface area contributed by atoms with E-state index in [-0.39, 0.29) is 12.5 Å². The third-order valence-corrected chi connectivity index (χ3v) is 1.52. The number of nitrogens with two attached hydrogens (primary N) is 1. The zero-order chi connectivity index (χ0) is 9.56. The monoisotopic (exact) mass is 172 g/mol. The van der Waals surface area contributed by atoms with Gasteiger partial charge in [0.1, 0.15) is 0 Å². The van der Waals surface area contributed by atoms with Gasteiger partial charge in [0.15, 0.2) is 0 Å². The summed E-state index contributed by atoms with van der Waals surface area (Å²) in [7, 11) is 0. The summed E-state index contributed by atoms with van der Waals surface area (Å²) in [5.41, 5.74) is 4.90. The summed E-state index contributed by atoms with van der Waals surface area (Å²) in [4.78, 5) is 22.6. The van der Waals surface area contributed by atoms with Crippen LogP contribution in [0.25, 0.3) is 0 Å². The smallest absolute Gasteiger partial charge is 0.237 e. The molecule has 1 rings (SSSR count). The van der Waals surface area contributed by atoms with E-state index in [0.29, 0.717) is 13.0 Å². The Morgan fingerprint density at radius 1 is 1.58 bits per heavy atom. The van der Waals surface area contributed by atoms with E-state index in [1.807, 2.05) is 13.8 Å². The van der Waals surface area contributed by atoms with Gasteiger partial charge in [0.25, 0.3) is 0 Å². The van der Waals surface area contributed by atoms with Gasteiger partial charge in [-0.15, -0.1) is 0 Å². The topological polar surface area (TPSA) is 63.4 Å². The molecule has 0 atom stereocenters. The lowest BCUT2D eigenvalue weighted by atomic mass is 10.4. The van der Waals surface area contributed by atoms with Gasteiger partial charge in [0.2, 0.25) is 11.8 Å². The maximum Gasteiger partial charge on any atom is 0.237 e. The van der Waals surface area contributed by atoms with Crippen molar-refractivity contribution in [1.29, 1.82) is 0 Å². The summed E-state index contributed by atoms with van der Waals surface area (Å²) in [5.74, 6) is -0.394. The van der Waals surface area contributed by atoms with Gasteiger partial charge in [-0.2, -0.15) is 0 Å². The minimum Gasteiger partial charge on any atom is -0.368 e. The van der Waals surface area contributed by atoms with Crippen LogP contribution < -0.4 is 5.73 Å². The van der Waals surface area contributed by atoms with Crippen molar-refractivity contribution >= 4 is 11.8 Å². The fourth-order valence-electron chi connectivity index (χ4n) is 1.06. The molecule has 12 heavy (non-hydrogen) atoms. The number of carbonyl (C=O) groups excluding carboxylic acids is 2. The Kier molecular flexibility index (Phi) is 5.08. The van der Waals surface area contributed by atoms with Crippen molar-refractivity contribution in [2.45, 2.75) is 26.7 Å². The molecule has 1 heterocycles. The third-order valence-electron chi connectivity index (χ3n) is 1.52. The predicted molar refractivity (Wildman–Crippen MR) is 46.4 cm³/mol. The Labute approximate surface area is 72.7 Å². The number of rotatable bonds is 2. The second kappa shape index (κ2) is 5.57. The molecule has 0 radical (unpaired) electrons. The molecule has 0 aromatic rings. The highest BCUT2D eigenvalue weighted by Gasteiger charge is 2.20. The van der Waals surface area contributed by atoms with Gasteiger partial charge in [0, 0.05) is 13.0 Å². The van der Waals surface area contributed by atoms with Crippen LogP contribution in [0.1, 0.15) is 26.7 Å². The average Bonchev–Trinajstić information content (AvgIpc) is 2.40. The molecule has 0 aliphatic carbocycles. The molecule has 1 saturated heterocycles. The van der Waals surface area contributed by atoms with Crippen molar-refractivity contribution in [1.82, 2.24) is 4.90 Å². The number of likely N-dealkylation sites (tertiary alicyclic amines) is 1. The van der Waals surface area contributed by atoms with Gasteiger partial charge in [-0.25, -0.2) is 0 Å². The molecule has 2 amide bonds. The molecule has 70 valence electrons. The molecular weight excluding hydrogens is 156 g/mol. The molecule has 4 nitrogen and oxygen atoms in total. The second-order valence-corrected chi connectivity index (χ2v) is 2.39. The third kappa shape index (κ3) is 3.37. The van der Waals surface area contributed by atoms with Crippen LogP contribution in [0.2, 0.25) is 0 Å². The van der Waals surface area contributed by atoms with Gasteiger partial charge >= 0.3 is 0 Å². The number of hydrogen-bond acceptors (Lipinski definition) is 2. The maximum absolute atomic E-state index is 10.8. The standard InChI is InChI=1S/C6H10N2O2.C2H6/c7-5(9)4-8-3-1-2-6(8)10;1-2/h1-4H2,(H2,7,9);1-2H3. The minimum absolute atomic E-state index is 0.0406. The zero-order valence-electron chi connectivity index (χ0n) is 7.67. The van der Waals surface area contributed by atoms with Crippen molar-refractivity contribution in [2.24, 2.45) is 5.73 Å². The molecule has 0 spiro atoms. The first-order chi connectivity index (χ1) is 5.70. The van der Waals surface area contributed by atoms with E-state index in [2.05, 4.69) is 0 Å². The number of hydrogen-bond donors (Lipinski definition) is 1.